The maximum Gasteiger partial charge on any atom is 0.264 e. The van der Waals surface area contributed by atoms with Crippen molar-refractivity contribution >= 4 is 27.5 Å². The van der Waals surface area contributed by atoms with E-state index in [4.69, 9.17) is 4.74 Å². The molecule has 0 unspecified atom stereocenters. The zero-order valence-corrected chi connectivity index (χ0v) is 24.7. The van der Waals surface area contributed by atoms with Crippen molar-refractivity contribution in [2.75, 3.05) is 24.0 Å². The fourth-order valence-electron chi connectivity index (χ4n) is 4.23. The minimum Gasteiger partial charge on any atom is -0.494 e. The standard InChI is InChI=1S/C31H39N3O5S/c1-6-19-32-31(36)25(5)33(21-26-10-8-9-24(4)20-26)30(35)22-34(27-13-15-28(16-14-27)39-7-2)40(37,38)29-17-11-23(3)12-18-29/h8-18,20,25H,6-7,19,21-22H2,1-5H3,(H,32,36)/t25-/m1/s1. The van der Waals surface area contributed by atoms with Gasteiger partial charge in [-0.1, -0.05) is 54.4 Å². The number of nitrogens with one attached hydrogen (secondary N) is 1. The maximum absolute atomic E-state index is 14.0. The Labute approximate surface area is 238 Å². The van der Waals surface area contributed by atoms with Crippen LogP contribution in [0.4, 0.5) is 5.69 Å². The highest BCUT2D eigenvalue weighted by atomic mass is 32.2. The van der Waals surface area contributed by atoms with Crippen molar-refractivity contribution in [2.45, 2.75) is 58.5 Å². The SMILES string of the molecule is CCCNC(=O)[C@@H](C)N(Cc1cccc(C)c1)C(=O)CN(c1ccc(OCC)cc1)S(=O)(=O)c1ccc(C)cc1. The second kappa shape index (κ2) is 14.0. The molecule has 0 spiro atoms. The fourth-order valence-corrected chi connectivity index (χ4v) is 5.64. The molecule has 0 heterocycles. The Bertz CT molecular complexity index is 1390. The number of hydrogen-bond acceptors (Lipinski definition) is 5. The summed E-state index contributed by atoms with van der Waals surface area (Å²) in [6.07, 6.45) is 0.755. The molecule has 0 radical (unpaired) electrons. The van der Waals surface area contributed by atoms with Gasteiger partial charge in [-0.2, -0.15) is 0 Å². The molecular weight excluding hydrogens is 526 g/mol. The number of nitrogens with zero attached hydrogens (tertiary/aromatic N) is 2. The Morgan fingerprint density at radius 3 is 2.20 bits per heavy atom. The zero-order chi connectivity index (χ0) is 29.3. The summed E-state index contributed by atoms with van der Waals surface area (Å²) in [7, 11) is -4.12. The van der Waals surface area contributed by atoms with Gasteiger partial charge in [0.15, 0.2) is 0 Å². The average Bonchev–Trinajstić information content (AvgIpc) is 2.93. The first kappa shape index (κ1) is 30.7. The van der Waals surface area contributed by atoms with Crippen LogP contribution in [0.25, 0.3) is 0 Å². The molecule has 0 fully saturated rings. The van der Waals surface area contributed by atoms with Crippen molar-refractivity contribution in [3.8, 4) is 5.75 Å². The van der Waals surface area contributed by atoms with Gasteiger partial charge in [-0.25, -0.2) is 8.42 Å². The largest absolute Gasteiger partial charge is 0.494 e. The van der Waals surface area contributed by atoms with Gasteiger partial charge in [0.2, 0.25) is 11.8 Å². The number of amides is 2. The third-order valence-electron chi connectivity index (χ3n) is 6.48. The van der Waals surface area contributed by atoms with Crippen LogP contribution in [-0.2, 0) is 26.2 Å². The summed E-state index contributed by atoms with van der Waals surface area (Å²) >= 11 is 0. The molecule has 2 amide bonds. The Balaban J connectivity index is 2.02. The van der Waals surface area contributed by atoms with Gasteiger partial charge in [0.05, 0.1) is 17.2 Å². The number of hydrogen-bond donors (Lipinski definition) is 1. The Morgan fingerprint density at radius 2 is 1.60 bits per heavy atom. The molecule has 1 N–H and O–H groups in total. The molecule has 0 aliphatic carbocycles. The molecule has 3 aromatic rings. The van der Waals surface area contributed by atoms with Crippen LogP contribution in [0.2, 0.25) is 0 Å². The van der Waals surface area contributed by atoms with Crippen molar-refractivity contribution in [3.63, 3.8) is 0 Å². The van der Waals surface area contributed by atoms with Crippen molar-refractivity contribution in [2.24, 2.45) is 0 Å². The van der Waals surface area contributed by atoms with E-state index >= 15 is 0 Å². The Hall–Kier alpha value is -3.85. The van der Waals surface area contributed by atoms with Gasteiger partial charge in [0, 0.05) is 13.1 Å². The molecular formula is C31H39N3O5S. The lowest BCUT2D eigenvalue weighted by Gasteiger charge is -2.32. The molecule has 8 nitrogen and oxygen atoms in total. The number of carbonyl (C=O) groups is 2. The summed E-state index contributed by atoms with van der Waals surface area (Å²) in [6, 6.07) is 19.9. The van der Waals surface area contributed by atoms with E-state index in [0.717, 1.165) is 27.4 Å². The summed E-state index contributed by atoms with van der Waals surface area (Å²) in [6.45, 7) is 9.92. The molecule has 0 aromatic heterocycles. The first-order valence-electron chi connectivity index (χ1n) is 13.5. The van der Waals surface area contributed by atoms with Crippen LogP contribution in [0.3, 0.4) is 0 Å². The van der Waals surface area contributed by atoms with Crippen LogP contribution < -0.4 is 14.4 Å². The number of rotatable bonds is 13. The lowest BCUT2D eigenvalue weighted by molar-refractivity contribution is -0.139. The summed E-state index contributed by atoms with van der Waals surface area (Å²) in [4.78, 5) is 28.4. The molecule has 0 aliphatic rings. The Kier molecular flexibility index (Phi) is 10.7. The van der Waals surface area contributed by atoms with Crippen LogP contribution in [0, 0.1) is 13.8 Å². The number of aryl methyl sites for hydroxylation is 2. The smallest absolute Gasteiger partial charge is 0.264 e. The maximum atomic E-state index is 14.0. The lowest BCUT2D eigenvalue weighted by Crippen LogP contribution is -2.51. The Morgan fingerprint density at radius 1 is 0.925 bits per heavy atom. The molecule has 3 aromatic carbocycles. The molecule has 1 atom stereocenters. The molecule has 0 bridgehead atoms. The number of anilines is 1. The van der Waals surface area contributed by atoms with Gasteiger partial charge in [-0.15, -0.1) is 0 Å². The second-order valence-electron chi connectivity index (χ2n) is 9.73. The van der Waals surface area contributed by atoms with Gasteiger partial charge in [-0.3, -0.25) is 13.9 Å². The third-order valence-corrected chi connectivity index (χ3v) is 8.26. The molecule has 0 saturated carbocycles. The lowest BCUT2D eigenvalue weighted by atomic mass is 10.1. The van der Waals surface area contributed by atoms with Gasteiger partial charge in [0.25, 0.3) is 10.0 Å². The molecule has 40 heavy (non-hydrogen) atoms. The molecule has 214 valence electrons. The van der Waals surface area contributed by atoms with Gasteiger partial charge in [0.1, 0.15) is 18.3 Å². The van der Waals surface area contributed by atoms with E-state index in [2.05, 4.69) is 5.32 Å². The van der Waals surface area contributed by atoms with Crippen molar-refractivity contribution < 1.29 is 22.7 Å². The van der Waals surface area contributed by atoms with Crippen molar-refractivity contribution in [3.05, 3.63) is 89.5 Å². The van der Waals surface area contributed by atoms with E-state index in [1.807, 2.05) is 52.0 Å². The highest BCUT2D eigenvalue weighted by Crippen LogP contribution is 2.27. The van der Waals surface area contributed by atoms with E-state index in [-0.39, 0.29) is 17.3 Å². The predicted octanol–water partition coefficient (Wildman–Crippen LogP) is 4.84. The van der Waals surface area contributed by atoms with Crippen LogP contribution >= 0.6 is 0 Å². The molecule has 0 aliphatic heterocycles. The van der Waals surface area contributed by atoms with Gasteiger partial charge >= 0.3 is 0 Å². The topological polar surface area (TPSA) is 96.0 Å². The summed E-state index contributed by atoms with van der Waals surface area (Å²) in [5.74, 6) is -0.199. The van der Waals surface area contributed by atoms with Crippen molar-refractivity contribution in [1.82, 2.24) is 10.2 Å². The number of benzene rings is 3. The van der Waals surface area contributed by atoms with Crippen LogP contribution in [0.5, 0.6) is 5.75 Å². The minimum absolute atomic E-state index is 0.0683. The predicted molar refractivity (Wildman–Crippen MR) is 158 cm³/mol. The normalized spacial score (nSPS) is 11.9. The van der Waals surface area contributed by atoms with E-state index in [0.29, 0.717) is 24.6 Å². The fraction of sp³-hybridized carbons (Fsp3) is 0.355. The highest BCUT2D eigenvalue weighted by molar-refractivity contribution is 7.92. The first-order chi connectivity index (χ1) is 19.1. The van der Waals surface area contributed by atoms with Crippen LogP contribution in [0.1, 0.15) is 43.9 Å². The van der Waals surface area contributed by atoms with Gasteiger partial charge in [-0.05, 0) is 76.1 Å². The van der Waals surface area contributed by atoms with E-state index in [9.17, 15) is 18.0 Å². The molecule has 3 rings (SSSR count). The van der Waals surface area contributed by atoms with Gasteiger partial charge < -0.3 is 15.0 Å². The summed E-state index contributed by atoms with van der Waals surface area (Å²) in [5.41, 5.74) is 3.10. The number of carbonyl (C=O) groups excluding carboxylic acids is 2. The summed E-state index contributed by atoms with van der Waals surface area (Å²) in [5, 5.41) is 2.85. The third kappa shape index (κ3) is 7.85. The zero-order valence-electron chi connectivity index (χ0n) is 23.9. The molecule has 9 heteroatoms. The van der Waals surface area contributed by atoms with Crippen molar-refractivity contribution in [1.29, 1.82) is 0 Å². The first-order valence-corrected chi connectivity index (χ1v) is 15.0. The van der Waals surface area contributed by atoms with E-state index in [1.165, 1.54) is 17.0 Å². The minimum atomic E-state index is -4.12. The van der Waals surface area contributed by atoms with E-state index < -0.39 is 28.5 Å². The quantitative estimate of drug-likeness (QED) is 0.320. The number of sulfonamides is 1. The van der Waals surface area contributed by atoms with E-state index in [1.54, 1.807) is 43.3 Å². The monoisotopic (exact) mass is 565 g/mol. The average molecular weight is 566 g/mol. The second-order valence-corrected chi connectivity index (χ2v) is 11.6. The highest BCUT2D eigenvalue weighted by Gasteiger charge is 2.32. The van der Waals surface area contributed by atoms with Crippen LogP contribution in [0.15, 0.2) is 77.7 Å². The van der Waals surface area contributed by atoms with Crippen LogP contribution in [-0.4, -0.2) is 50.9 Å². The number of ether oxygens (including phenoxy) is 1. The summed E-state index contributed by atoms with van der Waals surface area (Å²) < 4.78 is 34.4. The molecule has 0 saturated heterocycles.